The molecule has 0 aliphatic carbocycles. The van der Waals surface area contributed by atoms with E-state index in [1.54, 1.807) is 24.3 Å². The van der Waals surface area contributed by atoms with Crippen molar-refractivity contribution in [2.75, 3.05) is 39.8 Å². The minimum atomic E-state index is -0.527. The number of guanidine groups is 1. The number of pyridine rings is 1. The quantitative estimate of drug-likeness (QED) is 0.202. The molecule has 0 spiro atoms. The lowest BCUT2D eigenvalue weighted by molar-refractivity contribution is 0.0232. The van der Waals surface area contributed by atoms with Gasteiger partial charge in [0.15, 0.2) is 5.96 Å². The number of carbonyl (C=O) groups excluding carboxylic acids is 1. The van der Waals surface area contributed by atoms with E-state index < -0.39 is 5.60 Å². The highest BCUT2D eigenvalue weighted by molar-refractivity contribution is 14.0. The Morgan fingerprint density at radius 1 is 1.33 bits per heavy atom. The van der Waals surface area contributed by atoms with Crippen LogP contribution in [-0.4, -0.2) is 78.3 Å². The van der Waals surface area contributed by atoms with Crippen molar-refractivity contribution < 1.29 is 9.53 Å². The number of hydrogen-bond acceptors (Lipinski definition) is 5. The van der Waals surface area contributed by atoms with Gasteiger partial charge >= 0.3 is 6.09 Å². The van der Waals surface area contributed by atoms with Crippen molar-refractivity contribution in [3.05, 3.63) is 30.1 Å². The largest absolute Gasteiger partial charge is 0.444 e. The van der Waals surface area contributed by atoms with Crippen molar-refractivity contribution >= 4 is 36.0 Å². The monoisotopic (exact) mass is 574 g/mol. The number of hydrogen-bond donors (Lipinski definition) is 2. The van der Waals surface area contributed by atoms with Gasteiger partial charge in [-0.1, -0.05) is 13.0 Å². The topological polar surface area (TPSA) is 82.1 Å². The SMILES string of the molecule is CCCN1CCC(NC(=NC)NCCCN(Cc2cccnc2)C(=O)OC(C)(C)C)CC1.I. The van der Waals surface area contributed by atoms with E-state index in [1.807, 2.05) is 32.9 Å². The van der Waals surface area contributed by atoms with E-state index in [1.165, 1.54) is 13.0 Å². The summed E-state index contributed by atoms with van der Waals surface area (Å²) in [5.74, 6) is 0.829. The average molecular weight is 575 g/mol. The maximum atomic E-state index is 12.7. The number of rotatable bonds is 9. The molecule has 0 aromatic carbocycles. The van der Waals surface area contributed by atoms with Crippen molar-refractivity contribution in [2.45, 2.75) is 71.6 Å². The standard InChI is InChI=1S/C24H42N6O2.HI/c1-6-14-29-16-10-21(11-17-29)28-22(25-5)27-13-8-15-30(23(31)32-24(2,3)4)19-20-9-7-12-26-18-20;/h7,9,12,18,21H,6,8,10-11,13-17,19H2,1-5H3,(H2,25,27,28);1H. The van der Waals surface area contributed by atoms with Crippen molar-refractivity contribution in [1.82, 2.24) is 25.4 Å². The lowest BCUT2D eigenvalue weighted by atomic mass is 10.1. The molecule has 33 heavy (non-hydrogen) atoms. The maximum Gasteiger partial charge on any atom is 0.410 e. The first-order valence-electron chi connectivity index (χ1n) is 11.9. The first-order valence-corrected chi connectivity index (χ1v) is 11.9. The van der Waals surface area contributed by atoms with Gasteiger partial charge in [-0.05, 0) is 64.6 Å². The fourth-order valence-electron chi connectivity index (χ4n) is 3.76. The first-order chi connectivity index (χ1) is 15.3. The number of ether oxygens (including phenoxy) is 1. The van der Waals surface area contributed by atoms with E-state index in [0.29, 0.717) is 19.1 Å². The molecular formula is C24H43IN6O2. The van der Waals surface area contributed by atoms with Gasteiger partial charge in [-0.2, -0.15) is 0 Å². The minimum Gasteiger partial charge on any atom is -0.444 e. The summed E-state index contributed by atoms with van der Waals surface area (Å²) in [6.45, 7) is 13.1. The van der Waals surface area contributed by atoms with Gasteiger partial charge in [0.05, 0.1) is 6.54 Å². The van der Waals surface area contributed by atoms with Crippen molar-refractivity contribution in [2.24, 2.45) is 4.99 Å². The summed E-state index contributed by atoms with van der Waals surface area (Å²) >= 11 is 0. The van der Waals surface area contributed by atoms with Crippen LogP contribution in [-0.2, 0) is 11.3 Å². The summed E-state index contributed by atoms with van der Waals surface area (Å²) < 4.78 is 5.60. The molecule has 0 unspecified atom stereocenters. The number of likely N-dealkylation sites (tertiary alicyclic amines) is 1. The zero-order valence-corrected chi connectivity index (χ0v) is 23.3. The van der Waals surface area contributed by atoms with E-state index >= 15 is 0 Å². The number of halogens is 1. The number of amides is 1. The molecule has 1 fully saturated rings. The summed E-state index contributed by atoms with van der Waals surface area (Å²) in [6, 6.07) is 4.31. The number of nitrogens with one attached hydrogen (secondary N) is 2. The fourth-order valence-corrected chi connectivity index (χ4v) is 3.76. The van der Waals surface area contributed by atoms with Crippen LogP contribution in [0.1, 0.15) is 58.9 Å². The van der Waals surface area contributed by atoms with Crippen LogP contribution in [0.3, 0.4) is 0 Å². The molecule has 1 amide bonds. The Labute approximate surface area is 217 Å². The number of carbonyl (C=O) groups is 1. The highest BCUT2D eigenvalue weighted by Gasteiger charge is 2.22. The Kier molecular flexibility index (Phi) is 13.6. The van der Waals surface area contributed by atoms with Crippen molar-refractivity contribution in [3.63, 3.8) is 0 Å². The third-order valence-electron chi connectivity index (χ3n) is 5.34. The molecule has 2 rings (SSSR count). The van der Waals surface area contributed by atoms with Crippen LogP contribution in [0.2, 0.25) is 0 Å². The Morgan fingerprint density at radius 3 is 2.64 bits per heavy atom. The van der Waals surface area contributed by atoms with E-state index in [-0.39, 0.29) is 30.1 Å². The van der Waals surface area contributed by atoms with Gasteiger partial charge in [-0.3, -0.25) is 9.98 Å². The molecule has 0 bridgehead atoms. The van der Waals surface area contributed by atoms with Crippen LogP contribution < -0.4 is 10.6 Å². The lowest BCUT2D eigenvalue weighted by Gasteiger charge is -2.32. The highest BCUT2D eigenvalue weighted by atomic mass is 127. The van der Waals surface area contributed by atoms with Gasteiger partial charge in [-0.25, -0.2) is 4.79 Å². The Morgan fingerprint density at radius 2 is 2.06 bits per heavy atom. The fraction of sp³-hybridized carbons (Fsp3) is 0.708. The second-order valence-corrected chi connectivity index (χ2v) is 9.38. The summed E-state index contributed by atoms with van der Waals surface area (Å²) in [5.41, 5.74) is 0.458. The predicted octanol–water partition coefficient (Wildman–Crippen LogP) is 3.87. The van der Waals surface area contributed by atoms with Gasteiger partial charge in [-0.15, -0.1) is 24.0 Å². The number of aromatic nitrogens is 1. The molecule has 9 heteroatoms. The predicted molar refractivity (Wildman–Crippen MR) is 145 cm³/mol. The second-order valence-electron chi connectivity index (χ2n) is 9.38. The molecule has 0 atom stereocenters. The van der Waals surface area contributed by atoms with Gasteiger partial charge < -0.3 is 25.2 Å². The number of nitrogens with zero attached hydrogens (tertiary/aromatic N) is 4. The van der Waals surface area contributed by atoms with E-state index in [4.69, 9.17) is 4.74 Å². The first kappa shape index (κ1) is 29.4. The third kappa shape index (κ3) is 11.9. The summed E-state index contributed by atoms with van der Waals surface area (Å²) in [5, 5.41) is 6.94. The van der Waals surface area contributed by atoms with E-state index in [2.05, 4.69) is 32.4 Å². The summed E-state index contributed by atoms with van der Waals surface area (Å²) in [6.07, 6.45) is 7.49. The van der Waals surface area contributed by atoms with Gasteiger partial charge in [0, 0.05) is 51.7 Å². The molecule has 1 saturated heterocycles. The minimum absolute atomic E-state index is 0. The van der Waals surface area contributed by atoms with Crippen LogP contribution in [0.4, 0.5) is 4.79 Å². The second kappa shape index (κ2) is 15.3. The number of aliphatic imine (C=N–C) groups is 1. The smallest absolute Gasteiger partial charge is 0.410 e. The molecular weight excluding hydrogens is 531 g/mol. The molecule has 188 valence electrons. The summed E-state index contributed by atoms with van der Waals surface area (Å²) in [7, 11) is 1.80. The number of piperidine rings is 1. The van der Waals surface area contributed by atoms with Gasteiger partial charge in [0.1, 0.15) is 5.60 Å². The highest BCUT2D eigenvalue weighted by Crippen LogP contribution is 2.13. The molecule has 1 aliphatic rings. The van der Waals surface area contributed by atoms with Crippen LogP contribution in [0.5, 0.6) is 0 Å². The van der Waals surface area contributed by atoms with Crippen molar-refractivity contribution in [1.29, 1.82) is 0 Å². The van der Waals surface area contributed by atoms with Gasteiger partial charge in [0.25, 0.3) is 0 Å². The molecule has 2 heterocycles. The third-order valence-corrected chi connectivity index (χ3v) is 5.34. The summed E-state index contributed by atoms with van der Waals surface area (Å²) in [4.78, 5) is 25.5. The van der Waals surface area contributed by atoms with Crippen LogP contribution in [0.15, 0.2) is 29.5 Å². The van der Waals surface area contributed by atoms with E-state index in [9.17, 15) is 4.79 Å². The van der Waals surface area contributed by atoms with Crippen LogP contribution in [0, 0.1) is 0 Å². The normalized spacial score (nSPS) is 15.5. The molecule has 2 N–H and O–H groups in total. The average Bonchev–Trinajstić information content (AvgIpc) is 2.76. The molecule has 1 aromatic rings. The molecule has 8 nitrogen and oxygen atoms in total. The van der Waals surface area contributed by atoms with Crippen LogP contribution >= 0.6 is 24.0 Å². The molecule has 1 aliphatic heterocycles. The van der Waals surface area contributed by atoms with Crippen LogP contribution in [0.25, 0.3) is 0 Å². The molecule has 0 radical (unpaired) electrons. The van der Waals surface area contributed by atoms with Gasteiger partial charge in [0.2, 0.25) is 0 Å². The molecule has 0 saturated carbocycles. The zero-order valence-electron chi connectivity index (χ0n) is 21.0. The maximum absolute atomic E-state index is 12.7. The van der Waals surface area contributed by atoms with E-state index in [0.717, 1.165) is 50.4 Å². The Balaban J connectivity index is 0.00000544. The van der Waals surface area contributed by atoms with Crippen molar-refractivity contribution in [3.8, 4) is 0 Å². The lowest BCUT2D eigenvalue weighted by Crippen LogP contribution is -2.49. The Bertz CT molecular complexity index is 703. The molecule has 1 aromatic heterocycles. The Hall–Kier alpha value is -1.62. The zero-order chi connectivity index (χ0) is 23.4.